The van der Waals surface area contributed by atoms with Gasteiger partial charge in [-0.1, -0.05) is 32.6 Å². The summed E-state index contributed by atoms with van der Waals surface area (Å²) in [5.74, 6) is 7.38. The molecule has 1 aromatic heterocycles. The van der Waals surface area contributed by atoms with Gasteiger partial charge in [0.1, 0.15) is 40.6 Å². The standard InChI is InChI=1S/C27H21N3O4S/c1-27(2,3)25-14-19(21(15-28)16-29)11-22(33-25)8-7-18-10-20-12-23-17(13-24(20)34-26(18)31)6-4-5-9-35(32)30-23/h7-8,10-14,30H,5,9H2,1-3H3/b8-7+. The van der Waals surface area contributed by atoms with Gasteiger partial charge in [-0.2, -0.15) is 10.5 Å². The average Bonchev–Trinajstić information content (AvgIpc) is 2.80. The molecule has 174 valence electrons. The number of anilines is 1. The molecule has 8 heteroatoms. The first-order chi connectivity index (χ1) is 16.7. The van der Waals surface area contributed by atoms with Gasteiger partial charge in [0, 0.05) is 16.4 Å². The molecule has 2 aliphatic heterocycles. The maximum absolute atomic E-state index is 12.7. The Labute approximate surface area is 206 Å². The third-order valence-corrected chi connectivity index (χ3v) is 6.27. The number of nitrogens with one attached hydrogen (secondary N) is 1. The van der Waals surface area contributed by atoms with Crippen LogP contribution in [0.1, 0.15) is 38.3 Å². The molecule has 4 rings (SSSR count). The normalized spacial score (nSPS) is 17.3. The Kier molecular flexibility index (Phi) is 6.58. The zero-order valence-electron chi connectivity index (χ0n) is 19.4. The van der Waals surface area contributed by atoms with Crippen LogP contribution >= 0.6 is 0 Å². The lowest BCUT2D eigenvalue weighted by Crippen LogP contribution is -2.18. The van der Waals surface area contributed by atoms with E-state index < -0.39 is 17.0 Å². The van der Waals surface area contributed by atoms with E-state index in [-0.39, 0.29) is 16.6 Å². The molecule has 1 atom stereocenters. The van der Waals surface area contributed by atoms with Gasteiger partial charge in [0.2, 0.25) is 0 Å². The van der Waals surface area contributed by atoms with Crippen molar-refractivity contribution in [1.82, 2.24) is 0 Å². The summed E-state index contributed by atoms with van der Waals surface area (Å²) in [6.07, 6.45) is 6.92. The maximum atomic E-state index is 12.7. The molecule has 0 radical (unpaired) electrons. The minimum absolute atomic E-state index is 0.0318. The molecule has 2 aromatic rings. The lowest BCUT2D eigenvalue weighted by molar-refractivity contribution is 0.223. The predicted molar refractivity (Wildman–Crippen MR) is 135 cm³/mol. The Morgan fingerprint density at radius 2 is 1.97 bits per heavy atom. The number of allylic oxidation sites excluding steroid dienone is 6. The van der Waals surface area contributed by atoms with E-state index in [1.165, 1.54) is 0 Å². The van der Waals surface area contributed by atoms with Crippen LogP contribution in [0, 0.1) is 39.9 Å². The maximum Gasteiger partial charge on any atom is 0.343 e. The molecular weight excluding hydrogens is 462 g/mol. The molecule has 1 aromatic carbocycles. The minimum atomic E-state index is -1.25. The van der Waals surface area contributed by atoms with Gasteiger partial charge in [0.15, 0.2) is 0 Å². The van der Waals surface area contributed by atoms with Crippen molar-refractivity contribution in [2.45, 2.75) is 27.2 Å². The second kappa shape index (κ2) is 9.60. The molecule has 0 saturated carbocycles. The van der Waals surface area contributed by atoms with Gasteiger partial charge in [-0.25, -0.2) is 9.52 Å². The number of benzene rings is 1. The summed E-state index contributed by atoms with van der Waals surface area (Å²) in [7, 11) is 0. The topological polar surface area (TPSA) is 122 Å². The number of hydrogen-bond acceptors (Lipinski definition) is 7. The van der Waals surface area contributed by atoms with Crippen molar-refractivity contribution in [2.24, 2.45) is 5.41 Å². The predicted octanol–water partition coefficient (Wildman–Crippen LogP) is 4.82. The summed E-state index contributed by atoms with van der Waals surface area (Å²) in [5.41, 5.74) is 1.37. The zero-order valence-corrected chi connectivity index (χ0v) is 20.2. The lowest BCUT2D eigenvalue weighted by atomic mass is 9.90. The summed E-state index contributed by atoms with van der Waals surface area (Å²) >= 11 is -1.25. The lowest BCUT2D eigenvalue weighted by Gasteiger charge is -2.26. The van der Waals surface area contributed by atoms with Crippen LogP contribution in [0.15, 0.2) is 68.3 Å². The third-order valence-electron chi connectivity index (χ3n) is 5.25. The Balaban J connectivity index is 1.74. The van der Waals surface area contributed by atoms with Crippen LogP contribution < -0.4 is 10.3 Å². The van der Waals surface area contributed by atoms with E-state index >= 15 is 0 Å². The van der Waals surface area contributed by atoms with Gasteiger partial charge in [-0.3, -0.25) is 0 Å². The second-order valence-corrected chi connectivity index (χ2v) is 10.2. The van der Waals surface area contributed by atoms with E-state index in [4.69, 9.17) is 9.15 Å². The van der Waals surface area contributed by atoms with Gasteiger partial charge in [0.25, 0.3) is 0 Å². The Bertz CT molecular complexity index is 1530. The first-order valence-electron chi connectivity index (χ1n) is 10.8. The highest BCUT2D eigenvalue weighted by Gasteiger charge is 2.24. The monoisotopic (exact) mass is 483 g/mol. The molecule has 2 aliphatic rings. The van der Waals surface area contributed by atoms with E-state index in [9.17, 15) is 19.9 Å². The van der Waals surface area contributed by atoms with Gasteiger partial charge in [-0.05, 0) is 42.5 Å². The van der Waals surface area contributed by atoms with Gasteiger partial charge >= 0.3 is 5.63 Å². The van der Waals surface area contributed by atoms with Crippen LogP contribution in [0.4, 0.5) is 5.69 Å². The summed E-state index contributed by atoms with van der Waals surface area (Å²) in [6, 6.07) is 8.89. The van der Waals surface area contributed by atoms with E-state index in [1.807, 2.05) is 32.9 Å². The Morgan fingerprint density at radius 3 is 2.69 bits per heavy atom. The van der Waals surface area contributed by atoms with Crippen molar-refractivity contribution in [3.8, 4) is 24.0 Å². The highest BCUT2D eigenvalue weighted by Crippen LogP contribution is 2.34. The van der Waals surface area contributed by atoms with Crippen molar-refractivity contribution in [2.75, 3.05) is 10.5 Å². The molecule has 0 spiro atoms. The quantitative estimate of drug-likeness (QED) is 0.281. The second-order valence-electron chi connectivity index (χ2n) is 8.92. The molecule has 3 heterocycles. The number of hydrogen-bond donors (Lipinski definition) is 1. The molecule has 0 saturated heterocycles. The fraction of sp³-hybridized carbons (Fsp3) is 0.222. The molecule has 7 nitrogen and oxygen atoms in total. The first-order valence-corrected chi connectivity index (χ1v) is 12.1. The molecule has 0 fully saturated rings. The van der Waals surface area contributed by atoms with Crippen LogP contribution in [0.5, 0.6) is 0 Å². The molecule has 1 unspecified atom stereocenters. The van der Waals surface area contributed by atoms with Crippen molar-refractivity contribution in [1.29, 1.82) is 10.5 Å². The summed E-state index contributed by atoms with van der Waals surface area (Å²) in [6.45, 7) is 5.86. The highest BCUT2D eigenvalue weighted by molar-refractivity contribution is 7.92. The third kappa shape index (κ3) is 5.34. The fourth-order valence-corrected chi connectivity index (χ4v) is 4.21. The van der Waals surface area contributed by atoms with E-state index in [1.54, 1.807) is 42.5 Å². The Morgan fingerprint density at radius 1 is 1.20 bits per heavy atom. The molecule has 1 N–H and O–H groups in total. The van der Waals surface area contributed by atoms with Crippen molar-refractivity contribution in [3.63, 3.8) is 0 Å². The largest absolute Gasteiger partial charge is 0.593 e. The minimum Gasteiger partial charge on any atom is -0.593 e. The molecule has 0 aliphatic carbocycles. The van der Waals surface area contributed by atoms with Crippen LogP contribution in [0.25, 0.3) is 17.0 Å². The fourth-order valence-electron chi connectivity index (χ4n) is 3.41. The summed E-state index contributed by atoms with van der Waals surface area (Å²) in [4.78, 5) is 12.7. The summed E-state index contributed by atoms with van der Waals surface area (Å²) < 4.78 is 26.6. The molecular formula is C27H21N3O4S. The Hall–Kier alpha value is -4.16. The van der Waals surface area contributed by atoms with Gasteiger partial charge in [0.05, 0.1) is 34.6 Å². The van der Waals surface area contributed by atoms with Crippen molar-refractivity contribution < 1.29 is 13.7 Å². The smallest absolute Gasteiger partial charge is 0.343 e. The van der Waals surface area contributed by atoms with Crippen LogP contribution in [0.3, 0.4) is 0 Å². The van der Waals surface area contributed by atoms with Crippen LogP contribution in [-0.4, -0.2) is 10.3 Å². The van der Waals surface area contributed by atoms with Crippen molar-refractivity contribution >= 4 is 34.1 Å². The first kappa shape index (κ1) is 24.0. The van der Waals surface area contributed by atoms with Crippen LogP contribution in [-0.2, 0) is 16.1 Å². The highest BCUT2D eigenvalue weighted by atomic mass is 32.2. The van der Waals surface area contributed by atoms with Gasteiger partial charge in [-0.15, -0.1) is 0 Å². The number of nitriles is 2. The van der Waals surface area contributed by atoms with E-state index in [0.29, 0.717) is 51.5 Å². The van der Waals surface area contributed by atoms with Crippen LogP contribution in [0.2, 0.25) is 0 Å². The molecule has 0 bridgehead atoms. The van der Waals surface area contributed by atoms with Gasteiger partial charge < -0.3 is 13.7 Å². The zero-order chi connectivity index (χ0) is 25.2. The number of nitrogens with zero attached hydrogens (tertiary/aromatic N) is 2. The number of ether oxygens (including phenoxy) is 1. The SMILES string of the molecule is CC(C)(C)C1=CC(=C(C#N)C#N)C=C(/C=C/c2cc3cc4c(cc3oc2=O)C#CCC[S+]([O-])N4)O1. The van der Waals surface area contributed by atoms with E-state index in [0.717, 1.165) is 0 Å². The summed E-state index contributed by atoms with van der Waals surface area (Å²) in [5, 5.41) is 19.2. The average molecular weight is 484 g/mol. The number of fused-ring (bicyclic) bond motifs is 2. The molecule has 35 heavy (non-hydrogen) atoms. The number of rotatable bonds is 2. The van der Waals surface area contributed by atoms with E-state index in [2.05, 4.69) is 16.6 Å². The molecule has 0 amide bonds. The van der Waals surface area contributed by atoms with Crippen molar-refractivity contribution in [3.05, 3.63) is 80.6 Å².